The number of anilines is 1. The Morgan fingerprint density at radius 2 is 1.88 bits per heavy atom. The number of aromatic nitrogens is 2. The molecule has 4 rings (SSSR count). The maximum absolute atomic E-state index is 14.7. The van der Waals surface area contributed by atoms with Crippen molar-refractivity contribution in [1.29, 1.82) is 0 Å². The largest absolute Gasteiger partial charge is 0.487 e. The maximum Gasteiger partial charge on any atom is 0.407 e. The van der Waals surface area contributed by atoms with Gasteiger partial charge in [-0.1, -0.05) is 5.16 Å². The first kappa shape index (κ1) is 29.1. The minimum Gasteiger partial charge on any atom is -0.487 e. The molecule has 3 heterocycles. The number of hydrogen-bond donors (Lipinski definition) is 3. The number of oxime groups is 1. The maximum atomic E-state index is 14.7. The van der Waals surface area contributed by atoms with E-state index in [1.807, 2.05) is 16.7 Å². The minimum absolute atomic E-state index is 0.0987. The van der Waals surface area contributed by atoms with Gasteiger partial charge in [-0.2, -0.15) is 0 Å². The summed E-state index contributed by atoms with van der Waals surface area (Å²) >= 11 is 0. The van der Waals surface area contributed by atoms with E-state index in [2.05, 4.69) is 20.4 Å². The van der Waals surface area contributed by atoms with Gasteiger partial charge in [0.2, 0.25) is 11.9 Å². The van der Waals surface area contributed by atoms with Crippen molar-refractivity contribution in [3.8, 4) is 5.75 Å². The minimum atomic E-state index is -0.712. The summed E-state index contributed by atoms with van der Waals surface area (Å²) in [5.41, 5.74) is 5.13. The van der Waals surface area contributed by atoms with Crippen LogP contribution in [0.3, 0.4) is 0 Å². The average molecular weight is 562 g/mol. The standard InChI is InChI=1S/C27H37F2N7O4/c1-16(17-7-9-35(10-8-17)24(30)34-38)39-19-12-31-25(32-13-19)36-14-21(20-11-18(28)5-6-22(20)29)23(15-36)33-26(37)40-27(2,3)4/h5-6,11-13,16-17,21,23,38H,7-10,14-15H2,1-4H3,(H2,30,34)(H,33,37). The molecule has 1 aromatic heterocycles. The van der Waals surface area contributed by atoms with Gasteiger partial charge in [0.05, 0.1) is 24.5 Å². The number of piperidine rings is 1. The molecular formula is C27H37F2N7O4. The van der Waals surface area contributed by atoms with Crippen LogP contribution < -0.4 is 20.7 Å². The monoisotopic (exact) mass is 561 g/mol. The molecule has 1 amide bonds. The summed E-state index contributed by atoms with van der Waals surface area (Å²) in [6.07, 6.45) is 4.07. The first-order chi connectivity index (χ1) is 18.9. The molecule has 40 heavy (non-hydrogen) atoms. The van der Waals surface area contributed by atoms with Gasteiger partial charge in [0.15, 0.2) is 5.75 Å². The van der Waals surface area contributed by atoms with Crippen molar-refractivity contribution in [3.05, 3.63) is 47.8 Å². The van der Waals surface area contributed by atoms with Crippen LogP contribution in [0.25, 0.3) is 0 Å². The van der Waals surface area contributed by atoms with Crippen molar-refractivity contribution >= 4 is 18.0 Å². The lowest BCUT2D eigenvalue weighted by atomic mass is 9.92. The first-order valence-electron chi connectivity index (χ1n) is 13.3. The van der Waals surface area contributed by atoms with Gasteiger partial charge in [-0.25, -0.2) is 23.5 Å². The van der Waals surface area contributed by atoms with Crippen LogP contribution in [-0.2, 0) is 4.74 Å². The van der Waals surface area contributed by atoms with Crippen molar-refractivity contribution in [3.63, 3.8) is 0 Å². The Morgan fingerprint density at radius 3 is 2.50 bits per heavy atom. The summed E-state index contributed by atoms with van der Waals surface area (Å²) in [5.74, 6) is -0.397. The van der Waals surface area contributed by atoms with Crippen LogP contribution >= 0.6 is 0 Å². The zero-order chi connectivity index (χ0) is 29.0. The highest BCUT2D eigenvalue weighted by atomic mass is 19.1. The van der Waals surface area contributed by atoms with E-state index in [0.717, 1.165) is 31.0 Å². The second kappa shape index (κ2) is 12.1. The molecule has 0 aliphatic carbocycles. The topological polar surface area (TPSA) is 138 Å². The number of carbonyl (C=O) groups is 1. The second-order valence-electron chi connectivity index (χ2n) is 11.3. The number of hydrogen-bond acceptors (Lipinski definition) is 8. The van der Waals surface area contributed by atoms with Crippen LogP contribution in [0.4, 0.5) is 19.5 Å². The normalized spacial score (nSPS) is 21.3. The van der Waals surface area contributed by atoms with Crippen LogP contribution in [0.2, 0.25) is 0 Å². The van der Waals surface area contributed by atoms with Crippen LogP contribution in [-0.4, -0.2) is 76.1 Å². The molecule has 0 spiro atoms. The molecule has 3 atom stereocenters. The molecule has 0 saturated carbocycles. The van der Waals surface area contributed by atoms with Gasteiger partial charge < -0.3 is 35.5 Å². The molecule has 11 nitrogen and oxygen atoms in total. The lowest BCUT2D eigenvalue weighted by Gasteiger charge is -2.34. The fraction of sp³-hybridized carbons (Fsp3) is 0.556. The Balaban J connectivity index is 1.43. The smallest absolute Gasteiger partial charge is 0.407 e. The number of ether oxygens (including phenoxy) is 2. The van der Waals surface area contributed by atoms with Gasteiger partial charge in [-0.05, 0) is 70.2 Å². The summed E-state index contributed by atoms with van der Waals surface area (Å²) in [5, 5.41) is 14.7. The Kier molecular flexibility index (Phi) is 8.79. The molecule has 218 valence electrons. The molecule has 3 unspecified atom stereocenters. The predicted molar refractivity (Wildman–Crippen MR) is 144 cm³/mol. The zero-order valence-electron chi connectivity index (χ0n) is 23.2. The van der Waals surface area contributed by atoms with E-state index in [1.54, 1.807) is 33.2 Å². The van der Waals surface area contributed by atoms with E-state index in [0.29, 0.717) is 24.8 Å². The van der Waals surface area contributed by atoms with Crippen molar-refractivity contribution in [2.75, 3.05) is 31.1 Å². The third kappa shape index (κ3) is 7.19. The van der Waals surface area contributed by atoms with Crippen molar-refractivity contribution in [2.45, 2.75) is 64.2 Å². The summed E-state index contributed by atoms with van der Waals surface area (Å²) in [6.45, 7) is 9.12. The number of amides is 1. The number of benzene rings is 1. The van der Waals surface area contributed by atoms with E-state index in [9.17, 15) is 13.6 Å². The number of guanidine groups is 1. The van der Waals surface area contributed by atoms with Gasteiger partial charge in [0, 0.05) is 32.1 Å². The van der Waals surface area contributed by atoms with Gasteiger partial charge in [-0.3, -0.25) is 0 Å². The molecule has 0 bridgehead atoms. The highest BCUT2D eigenvalue weighted by Crippen LogP contribution is 2.32. The van der Waals surface area contributed by atoms with E-state index < -0.39 is 35.3 Å². The van der Waals surface area contributed by atoms with Crippen molar-refractivity contribution in [1.82, 2.24) is 20.2 Å². The number of nitrogens with two attached hydrogens (primary N) is 1. The second-order valence-corrected chi connectivity index (χ2v) is 11.3. The SMILES string of the molecule is CC(Oc1cnc(N2CC(NC(=O)OC(C)(C)C)C(c3cc(F)ccc3F)C2)nc1)C1CCN(C(N)=NO)CC1. The van der Waals surface area contributed by atoms with Gasteiger partial charge in [0.1, 0.15) is 17.2 Å². The molecule has 2 aliphatic heterocycles. The molecule has 2 fully saturated rings. The van der Waals surface area contributed by atoms with Crippen LogP contribution in [0.15, 0.2) is 35.7 Å². The van der Waals surface area contributed by atoms with Gasteiger partial charge >= 0.3 is 6.09 Å². The first-order valence-corrected chi connectivity index (χ1v) is 13.3. The molecule has 2 aromatic rings. The summed E-state index contributed by atoms with van der Waals surface area (Å²) < 4.78 is 40.3. The molecule has 13 heteroatoms. The summed E-state index contributed by atoms with van der Waals surface area (Å²) in [6, 6.07) is 2.73. The molecule has 1 aromatic carbocycles. The fourth-order valence-corrected chi connectivity index (χ4v) is 5.19. The number of nitrogens with one attached hydrogen (secondary N) is 1. The number of nitrogens with zero attached hydrogens (tertiary/aromatic N) is 5. The number of rotatable bonds is 6. The van der Waals surface area contributed by atoms with E-state index in [4.69, 9.17) is 20.4 Å². The average Bonchev–Trinajstić information content (AvgIpc) is 3.32. The quantitative estimate of drug-likeness (QED) is 0.210. The summed E-state index contributed by atoms with van der Waals surface area (Å²) in [7, 11) is 0. The Morgan fingerprint density at radius 1 is 1.20 bits per heavy atom. The number of halogens is 2. The molecule has 2 aliphatic rings. The van der Waals surface area contributed by atoms with Gasteiger partial charge in [0.25, 0.3) is 0 Å². The Hall–Kier alpha value is -3.90. The molecular weight excluding hydrogens is 524 g/mol. The zero-order valence-corrected chi connectivity index (χ0v) is 23.2. The van der Waals surface area contributed by atoms with Crippen LogP contribution in [0, 0.1) is 17.6 Å². The van der Waals surface area contributed by atoms with E-state index >= 15 is 0 Å². The predicted octanol–water partition coefficient (Wildman–Crippen LogP) is 3.44. The highest BCUT2D eigenvalue weighted by molar-refractivity contribution is 5.77. The number of likely N-dealkylation sites (tertiary alicyclic amines) is 1. The number of carbonyl (C=O) groups excluding carboxylic acids is 1. The van der Waals surface area contributed by atoms with Crippen LogP contribution in [0.5, 0.6) is 5.75 Å². The fourth-order valence-electron chi connectivity index (χ4n) is 5.19. The lowest BCUT2D eigenvalue weighted by Crippen LogP contribution is -2.45. The molecule has 0 radical (unpaired) electrons. The Labute approximate surface area is 232 Å². The van der Waals surface area contributed by atoms with Crippen LogP contribution in [0.1, 0.15) is 52.0 Å². The molecule has 4 N–H and O–H groups in total. The lowest BCUT2D eigenvalue weighted by molar-refractivity contribution is 0.0504. The van der Waals surface area contributed by atoms with Gasteiger partial charge in [-0.15, -0.1) is 0 Å². The third-order valence-electron chi connectivity index (χ3n) is 7.23. The summed E-state index contributed by atoms with van der Waals surface area (Å²) in [4.78, 5) is 25.1. The van der Waals surface area contributed by atoms with Crippen molar-refractivity contribution < 1.29 is 28.3 Å². The van der Waals surface area contributed by atoms with E-state index in [-0.39, 0.29) is 36.6 Å². The molecule has 2 saturated heterocycles. The van der Waals surface area contributed by atoms with E-state index in [1.165, 1.54) is 0 Å². The highest BCUT2D eigenvalue weighted by Gasteiger charge is 2.38. The Bertz CT molecular complexity index is 1200. The number of alkyl carbamates (subject to hydrolysis) is 1. The third-order valence-corrected chi connectivity index (χ3v) is 7.23. The van der Waals surface area contributed by atoms with Crippen molar-refractivity contribution in [2.24, 2.45) is 16.8 Å².